The van der Waals surface area contributed by atoms with Crippen molar-refractivity contribution in [1.82, 2.24) is 0 Å². The Balaban J connectivity index is 2.41. The lowest BCUT2D eigenvalue weighted by Gasteiger charge is -2.37. The Morgan fingerprint density at radius 1 is 0.848 bits per heavy atom. The molecule has 3 atom stereocenters. The maximum atomic E-state index is 12.3. The largest absolute Gasteiger partial charge is 0.462 e. The van der Waals surface area contributed by atoms with E-state index in [-0.39, 0.29) is 42.9 Å². The molecule has 1 aliphatic rings. The molecule has 1 fully saturated rings. The number of carbonyl (C=O) groups is 3. The topological polar surface area (TPSA) is 95.7 Å². The highest BCUT2D eigenvalue weighted by molar-refractivity contribution is 5.78. The van der Waals surface area contributed by atoms with Crippen molar-refractivity contribution >= 4 is 17.8 Å². The Hall–Kier alpha value is -1.59. The van der Waals surface area contributed by atoms with E-state index >= 15 is 0 Å². The van der Waals surface area contributed by atoms with Crippen molar-refractivity contribution in [2.24, 2.45) is 11.7 Å². The molecule has 1 saturated heterocycles. The van der Waals surface area contributed by atoms with Gasteiger partial charge in [0, 0.05) is 19.3 Å². The van der Waals surface area contributed by atoms with Crippen molar-refractivity contribution in [3.05, 3.63) is 0 Å². The summed E-state index contributed by atoms with van der Waals surface area (Å²) in [6, 6.07) is 0. The predicted molar refractivity (Wildman–Crippen MR) is 132 cm³/mol. The minimum Gasteiger partial charge on any atom is -0.462 e. The van der Waals surface area contributed by atoms with Gasteiger partial charge in [0.2, 0.25) is 5.91 Å². The predicted octanol–water partition coefficient (Wildman–Crippen LogP) is 6.38. The highest BCUT2D eigenvalue weighted by atomic mass is 16.6. The van der Waals surface area contributed by atoms with Crippen LogP contribution in [0.1, 0.15) is 136 Å². The molecule has 0 aliphatic carbocycles. The van der Waals surface area contributed by atoms with Gasteiger partial charge in [0.1, 0.15) is 12.2 Å². The van der Waals surface area contributed by atoms with Crippen molar-refractivity contribution in [3.63, 3.8) is 0 Å². The van der Waals surface area contributed by atoms with Crippen LogP contribution < -0.4 is 5.73 Å². The van der Waals surface area contributed by atoms with Gasteiger partial charge in [-0.25, -0.2) is 0 Å². The molecule has 0 aromatic heterocycles. The fourth-order valence-electron chi connectivity index (χ4n) is 4.52. The summed E-state index contributed by atoms with van der Waals surface area (Å²) in [4.78, 5) is 35.2. The molecular weight excluding hydrogens is 418 g/mol. The average molecular weight is 468 g/mol. The first-order valence-electron chi connectivity index (χ1n) is 13.7. The maximum absolute atomic E-state index is 12.3. The smallest absolute Gasteiger partial charge is 0.313 e. The molecule has 0 unspecified atom stereocenters. The summed E-state index contributed by atoms with van der Waals surface area (Å²) in [7, 11) is 0. The van der Waals surface area contributed by atoms with Gasteiger partial charge >= 0.3 is 11.9 Å². The van der Waals surface area contributed by atoms with Gasteiger partial charge in [0.05, 0.1) is 5.92 Å². The zero-order valence-electron chi connectivity index (χ0n) is 21.3. The number of hydrogen-bond donors (Lipinski definition) is 1. The molecule has 1 rings (SSSR count). The van der Waals surface area contributed by atoms with Gasteiger partial charge < -0.3 is 15.2 Å². The van der Waals surface area contributed by atoms with Crippen LogP contribution in [0.3, 0.4) is 0 Å². The van der Waals surface area contributed by atoms with Crippen molar-refractivity contribution in [1.29, 1.82) is 0 Å². The van der Waals surface area contributed by atoms with E-state index in [1.54, 1.807) is 0 Å². The number of nitrogens with two attached hydrogens (primary N) is 1. The third-order valence-corrected chi connectivity index (χ3v) is 6.61. The molecule has 6 heteroatoms. The second kappa shape index (κ2) is 18.8. The van der Waals surface area contributed by atoms with Gasteiger partial charge in [-0.3, -0.25) is 14.4 Å². The van der Waals surface area contributed by atoms with E-state index in [0.29, 0.717) is 12.8 Å². The number of ether oxygens (including phenoxy) is 2. The van der Waals surface area contributed by atoms with Crippen LogP contribution in [-0.4, -0.2) is 30.1 Å². The van der Waals surface area contributed by atoms with Gasteiger partial charge in [-0.15, -0.1) is 0 Å². The lowest BCUT2D eigenvalue weighted by Crippen LogP contribution is -2.47. The maximum Gasteiger partial charge on any atom is 0.313 e. The molecular formula is C27H49NO5. The molecule has 2 N–H and O–H groups in total. The average Bonchev–Trinajstić information content (AvgIpc) is 2.77. The molecule has 0 aromatic carbocycles. The molecule has 0 spiro atoms. The van der Waals surface area contributed by atoms with Crippen molar-refractivity contribution in [2.45, 2.75) is 148 Å². The molecule has 0 bridgehead atoms. The number of rotatable bonds is 22. The first-order valence-corrected chi connectivity index (χ1v) is 13.7. The second-order valence-corrected chi connectivity index (χ2v) is 9.72. The lowest BCUT2D eigenvalue weighted by molar-refractivity contribution is -0.190. The number of esters is 2. The van der Waals surface area contributed by atoms with E-state index in [0.717, 1.165) is 38.5 Å². The first kappa shape index (κ1) is 29.4. The third-order valence-electron chi connectivity index (χ3n) is 6.61. The highest BCUT2D eigenvalue weighted by Gasteiger charge is 2.43. The normalized spacial score (nSPS) is 18.4. The summed E-state index contributed by atoms with van der Waals surface area (Å²) >= 11 is 0. The minimum atomic E-state index is -0.402. The summed E-state index contributed by atoms with van der Waals surface area (Å²) in [5, 5.41) is 0. The molecule has 6 nitrogen and oxygen atoms in total. The molecule has 0 radical (unpaired) electrons. The van der Waals surface area contributed by atoms with E-state index in [1.807, 2.05) is 0 Å². The van der Waals surface area contributed by atoms with E-state index < -0.39 is 5.91 Å². The van der Waals surface area contributed by atoms with Gasteiger partial charge in [-0.1, -0.05) is 90.9 Å². The Bertz CT molecular complexity index is 551. The summed E-state index contributed by atoms with van der Waals surface area (Å²) in [5.74, 6) is -0.851. The zero-order valence-corrected chi connectivity index (χ0v) is 21.3. The fraction of sp³-hybridized carbons (Fsp3) is 0.889. The minimum absolute atomic E-state index is 0.0546. The van der Waals surface area contributed by atoms with Gasteiger partial charge in [0.25, 0.3) is 0 Å². The van der Waals surface area contributed by atoms with E-state index in [2.05, 4.69) is 13.8 Å². The molecule has 192 valence electrons. The summed E-state index contributed by atoms with van der Waals surface area (Å²) in [5.41, 5.74) is 5.16. The highest BCUT2D eigenvalue weighted by Crippen LogP contribution is 2.32. The van der Waals surface area contributed by atoms with Crippen LogP contribution in [0.2, 0.25) is 0 Å². The number of cyclic esters (lactones) is 1. The Morgan fingerprint density at radius 3 is 2.00 bits per heavy atom. The fourth-order valence-corrected chi connectivity index (χ4v) is 4.52. The summed E-state index contributed by atoms with van der Waals surface area (Å²) in [6.45, 7) is 4.41. The number of unbranched alkanes of at least 4 members (excludes halogenated alkanes) is 11. The molecule has 1 aliphatic heterocycles. The van der Waals surface area contributed by atoms with Crippen LogP contribution in [0.5, 0.6) is 0 Å². The lowest BCUT2D eigenvalue weighted by atomic mass is 9.86. The van der Waals surface area contributed by atoms with Crippen molar-refractivity contribution in [2.75, 3.05) is 0 Å². The molecule has 33 heavy (non-hydrogen) atoms. The SMILES string of the molecule is CCCCCCCCCCC[C@@H](C[C@@H]1OC(=O)[C@H]1CCCCCC)OC(=O)CCCC(N)=O. The van der Waals surface area contributed by atoms with E-state index in [1.165, 1.54) is 57.8 Å². The first-order chi connectivity index (χ1) is 16.0. The molecule has 1 amide bonds. The molecule has 0 saturated carbocycles. The summed E-state index contributed by atoms with van der Waals surface area (Å²) in [6.07, 6.45) is 18.4. The van der Waals surface area contributed by atoms with Gasteiger partial charge in [-0.2, -0.15) is 0 Å². The van der Waals surface area contributed by atoms with Gasteiger partial charge in [0.15, 0.2) is 0 Å². The third kappa shape index (κ3) is 14.3. The van der Waals surface area contributed by atoms with Crippen molar-refractivity contribution < 1.29 is 23.9 Å². The number of primary amides is 1. The van der Waals surface area contributed by atoms with Crippen LogP contribution >= 0.6 is 0 Å². The number of amides is 1. The van der Waals surface area contributed by atoms with Crippen LogP contribution in [0.15, 0.2) is 0 Å². The van der Waals surface area contributed by atoms with Crippen LogP contribution in [0.4, 0.5) is 0 Å². The Morgan fingerprint density at radius 2 is 1.42 bits per heavy atom. The second-order valence-electron chi connectivity index (χ2n) is 9.72. The monoisotopic (exact) mass is 467 g/mol. The quantitative estimate of drug-likeness (QED) is 0.147. The Labute approximate surface area is 201 Å². The number of carbonyl (C=O) groups excluding carboxylic acids is 3. The standard InChI is InChI=1S/C27H49NO5/c1-3-5-7-9-10-11-12-13-14-17-22(32-26(30)20-16-19-25(28)29)21-24-23(27(31)33-24)18-15-8-6-4-2/h22-24H,3-21H2,1-2H3,(H2,28,29)/t22-,23-,24-/m0/s1. The van der Waals surface area contributed by atoms with Crippen LogP contribution in [0, 0.1) is 5.92 Å². The van der Waals surface area contributed by atoms with E-state index in [9.17, 15) is 14.4 Å². The van der Waals surface area contributed by atoms with Crippen molar-refractivity contribution in [3.8, 4) is 0 Å². The Kier molecular flexibility index (Phi) is 16.8. The summed E-state index contributed by atoms with van der Waals surface area (Å²) < 4.78 is 11.2. The number of hydrogen-bond acceptors (Lipinski definition) is 5. The van der Waals surface area contributed by atoms with Crippen LogP contribution in [0.25, 0.3) is 0 Å². The van der Waals surface area contributed by atoms with E-state index in [4.69, 9.17) is 15.2 Å². The van der Waals surface area contributed by atoms with Gasteiger partial charge in [-0.05, 0) is 25.7 Å². The molecule has 0 aromatic rings. The van der Waals surface area contributed by atoms with Crippen LogP contribution in [-0.2, 0) is 23.9 Å². The molecule has 1 heterocycles. The zero-order chi connectivity index (χ0) is 24.3.